The van der Waals surface area contributed by atoms with Crippen LogP contribution in [0, 0.1) is 0 Å². The summed E-state index contributed by atoms with van der Waals surface area (Å²) in [7, 11) is 0. The maximum atomic E-state index is 9.98. The van der Waals surface area contributed by atoms with Gasteiger partial charge in [-0.15, -0.1) is 0 Å². The first-order valence-electron chi connectivity index (χ1n) is 7.97. The predicted octanol–water partition coefficient (Wildman–Crippen LogP) is 1.90. The summed E-state index contributed by atoms with van der Waals surface area (Å²) >= 11 is 0. The van der Waals surface area contributed by atoms with Crippen molar-refractivity contribution in [3.63, 3.8) is 0 Å². The summed E-state index contributed by atoms with van der Waals surface area (Å²) in [5.74, 6) is 0. The van der Waals surface area contributed by atoms with Gasteiger partial charge >= 0.3 is 0 Å². The second kappa shape index (κ2) is 5.48. The van der Waals surface area contributed by atoms with Gasteiger partial charge in [0.15, 0.2) is 0 Å². The molecule has 2 saturated heterocycles. The molecule has 18 heavy (non-hydrogen) atoms. The molecule has 0 aromatic carbocycles. The lowest BCUT2D eigenvalue weighted by atomic mass is 9.87. The second-order valence-corrected chi connectivity index (χ2v) is 6.59. The van der Waals surface area contributed by atoms with Gasteiger partial charge in [0, 0.05) is 18.6 Å². The molecule has 0 aromatic heterocycles. The Hall–Kier alpha value is -0.120. The van der Waals surface area contributed by atoms with Crippen LogP contribution in [-0.4, -0.2) is 47.3 Å². The minimum absolute atomic E-state index is 0.0194. The zero-order chi connectivity index (χ0) is 12.4. The first kappa shape index (κ1) is 12.9. The number of aliphatic hydroxyl groups excluding tert-OH is 1. The maximum Gasteiger partial charge on any atom is 0.0629 e. The first-order valence-corrected chi connectivity index (χ1v) is 7.97. The number of nitrogens with one attached hydrogen (secondary N) is 1. The van der Waals surface area contributed by atoms with Crippen molar-refractivity contribution < 1.29 is 5.11 Å². The molecule has 104 valence electrons. The summed E-state index contributed by atoms with van der Waals surface area (Å²) in [5.41, 5.74) is 0.0194. The summed E-state index contributed by atoms with van der Waals surface area (Å²) in [6.07, 6.45) is 11.9. The molecule has 2 heterocycles. The van der Waals surface area contributed by atoms with E-state index in [2.05, 4.69) is 10.2 Å². The molecule has 1 saturated carbocycles. The van der Waals surface area contributed by atoms with Gasteiger partial charge in [0.25, 0.3) is 0 Å². The molecule has 3 fully saturated rings. The predicted molar refractivity (Wildman–Crippen MR) is 73.7 cm³/mol. The fraction of sp³-hybridized carbons (Fsp3) is 1.00. The van der Waals surface area contributed by atoms with Gasteiger partial charge in [-0.25, -0.2) is 0 Å². The number of rotatable bonds is 3. The van der Waals surface area contributed by atoms with Crippen molar-refractivity contribution >= 4 is 0 Å². The smallest absolute Gasteiger partial charge is 0.0629 e. The molecular weight excluding hydrogens is 224 g/mol. The van der Waals surface area contributed by atoms with Crippen LogP contribution < -0.4 is 5.32 Å². The Balaban J connectivity index is 1.67. The Kier molecular flexibility index (Phi) is 3.92. The molecule has 2 aliphatic heterocycles. The van der Waals surface area contributed by atoms with Crippen LogP contribution in [-0.2, 0) is 0 Å². The fourth-order valence-electron chi connectivity index (χ4n) is 4.46. The molecule has 3 rings (SSSR count). The van der Waals surface area contributed by atoms with Crippen molar-refractivity contribution in [1.82, 2.24) is 10.2 Å². The van der Waals surface area contributed by atoms with E-state index in [0.29, 0.717) is 18.7 Å². The molecule has 3 nitrogen and oxygen atoms in total. The van der Waals surface area contributed by atoms with Crippen molar-refractivity contribution in [1.29, 1.82) is 0 Å². The molecule has 0 spiro atoms. The highest BCUT2D eigenvalue weighted by molar-refractivity contribution is 5.08. The Morgan fingerprint density at radius 2 is 1.78 bits per heavy atom. The van der Waals surface area contributed by atoms with Gasteiger partial charge in [0.2, 0.25) is 0 Å². The molecule has 3 aliphatic rings. The van der Waals surface area contributed by atoms with Crippen LogP contribution in [0.5, 0.6) is 0 Å². The van der Waals surface area contributed by atoms with Gasteiger partial charge in [-0.2, -0.15) is 0 Å². The zero-order valence-corrected chi connectivity index (χ0v) is 11.5. The number of hydrogen-bond donors (Lipinski definition) is 2. The van der Waals surface area contributed by atoms with Crippen LogP contribution in [0.25, 0.3) is 0 Å². The Bertz CT molecular complexity index is 276. The molecule has 2 unspecified atom stereocenters. The topological polar surface area (TPSA) is 35.5 Å². The Morgan fingerprint density at radius 3 is 2.50 bits per heavy atom. The van der Waals surface area contributed by atoms with Gasteiger partial charge in [0.1, 0.15) is 0 Å². The van der Waals surface area contributed by atoms with Crippen LogP contribution in [0.15, 0.2) is 0 Å². The SMILES string of the molecule is OCC1(NC2CCCCCC2)CCN2CCCC21. The standard InChI is InChI=1S/C15H28N2O/c18-12-15(9-11-17-10-5-8-14(15)17)16-13-6-3-1-2-4-7-13/h13-14,16,18H,1-12H2. The van der Waals surface area contributed by atoms with Crippen LogP contribution in [0.3, 0.4) is 0 Å². The summed E-state index contributed by atoms with van der Waals surface area (Å²) in [4.78, 5) is 2.60. The van der Waals surface area contributed by atoms with E-state index in [9.17, 15) is 5.11 Å². The van der Waals surface area contributed by atoms with E-state index in [4.69, 9.17) is 0 Å². The third kappa shape index (κ3) is 2.33. The number of nitrogens with zero attached hydrogens (tertiary/aromatic N) is 1. The fourth-order valence-corrected chi connectivity index (χ4v) is 4.46. The van der Waals surface area contributed by atoms with Crippen LogP contribution in [0.1, 0.15) is 57.8 Å². The van der Waals surface area contributed by atoms with Gasteiger partial charge < -0.3 is 10.4 Å². The summed E-state index contributed by atoms with van der Waals surface area (Å²) in [5, 5.41) is 13.9. The lowest BCUT2D eigenvalue weighted by molar-refractivity contribution is 0.112. The lowest BCUT2D eigenvalue weighted by Gasteiger charge is -2.38. The number of aliphatic hydroxyl groups is 1. The van der Waals surface area contributed by atoms with E-state index >= 15 is 0 Å². The highest BCUT2D eigenvalue weighted by Crippen LogP contribution is 2.37. The van der Waals surface area contributed by atoms with Gasteiger partial charge in [0.05, 0.1) is 12.1 Å². The second-order valence-electron chi connectivity index (χ2n) is 6.59. The molecule has 3 heteroatoms. The minimum atomic E-state index is 0.0194. The number of hydrogen-bond acceptors (Lipinski definition) is 3. The monoisotopic (exact) mass is 252 g/mol. The normalized spacial score (nSPS) is 38.8. The lowest BCUT2D eigenvalue weighted by Crippen LogP contribution is -2.59. The maximum absolute atomic E-state index is 9.98. The third-order valence-corrected chi connectivity index (χ3v) is 5.48. The molecule has 1 aliphatic carbocycles. The number of fused-ring (bicyclic) bond motifs is 1. The third-order valence-electron chi connectivity index (χ3n) is 5.48. The van der Waals surface area contributed by atoms with E-state index in [1.807, 2.05) is 0 Å². The van der Waals surface area contributed by atoms with Gasteiger partial charge in [-0.05, 0) is 38.6 Å². The van der Waals surface area contributed by atoms with E-state index in [0.717, 1.165) is 6.42 Å². The minimum Gasteiger partial charge on any atom is -0.394 e. The average Bonchev–Trinajstić information content (AvgIpc) is 2.88. The molecule has 2 N–H and O–H groups in total. The summed E-state index contributed by atoms with van der Waals surface area (Å²) in [6.45, 7) is 2.76. The molecule has 0 amide bonds. The summed E-state index contributed by atoms with van der Waals surface area (Å²) < 4.78 is 0. The molecule has 0 bridgehead atoms. The van der Waals surface area contributed by atoms with Crippen LogP contribution >= 0.6 is 0 Å². The quantitative estimate of drug-likeness (QED) is 0.753. The highest BCUT2D eigenvalue weighted by Gasteiger charge is 2.49. The molecule has 0 aromatic rings. The highest BCUT2D eigenvalue weighted by atomic mass is 16.3. The zero-order valence-electron chi connectivity index (χ0n) is 11.5. The van der Waals surface area contributed by atoms with Crippen molar-refractivity contribution in [2.24, 2.45) is 0 Å². The van der Waals surface area contributed by atoms with Crippen LogP contribution in [0.2, 0.25) is 0 Å². The van der Waals surface area contributed by atoms with Crippen molar-refractivity contribution in [2.75, 3.05) is 19.7 Å². The molecule has 2 atom stereocenters. The van der Waals surface area contributed by atoms with Crippen molar-refractivity contribution in [3.05, 3.63) is 0 Å². The van der Waals surface area contributed by atoms with Crippen molar-refractivity contribution in [3.8, 4) is 0 Å². The van der Waals surface area contributed by atoms with E-state index in [-0.39, 0.29) is 5.54 Å². The Labute approximate surface area is 111 Å². The Morgan fingerprint density at radius 1 is 1.00 bits per heavy atom. The average molecular weight is 252 g/mol. The van der Waals surface area contributed by atoms with Gasteiger partial charge in [-0.1, -0.05) is 25.7 Å². The van der Waals surface area contributed by atoms with E-state index in [1.165, 1.54) is 64.5 Å². The van der Waals surface area contributed by atoms with Gasteiger partial charge in [-0.3, -0.25) is 4.90 Å². The van der Waals surface area contributed by atoms with E-state index < -0.39 is 0 Å². The van der Waals surface area contributed by atoms with Crippen molar-refractivity contribution in [2.45, 2.75) is 75.4 Å². The van der Waals surface area contributed by atoms with Crippen LogP contribution in [0.4, 0.5) is 0 Å². The van der Waals surface area contributed by atoms with E-state index in [1.54, 1.807) is 0 Å². The first-order chi connectivity index (χ1) is 8.84. The largest absolute Gasteiger partial charge is 0.394 e. The molecule has 0 radical (unpaired) electrons. The summed E-state index contributed by atoms with van der Waals surface area (Å²) in [6, 6.07) is 1.26. The molecular formula is C15H28N2O.